The van der Waals surface area contributed by atoms with Gasteiger partial charge in [0.1, 0.15) is 24.1 Å². The van der Waals surface area contributed by atoms with Gasteiger partial charge in [0.25, 0.3) is 0 Å². The summed E-state index contributed by atoms with van der Waals surface area (Å²) in [6, 6.07) is 6.92. The van der Waals surface area contributed by atoms with Gasteiger partial charge in [-0.25, -0.2) is 16.8 Å². The Morgan fingerprint density at radius 3 is 1.39 bits per heavy atom. The monoisotopic (exact) mass is 542 g/mol. The van der Waals surface area contributed by atoms with E-state index in [-0.39, 0.29) is 22.9 Å². The number of phenols is 2. The van der Waals surface area contributed by atoms with E-state index in [2.05, 4.69) is 20.1 Å². The highest BCUT2D eigenvalue weighted by Gasteiger charge is 2.16. The van der Waals surface area contributed by atoms with Gasteiger partial charge in [0, 0.05) is 0 Å². The first-order valence-corrected chi connectivity index (χ1v) is 14.6. The Morgan fingerprint density at radius 1 is 0.722 bits per heavy atom. The van der Waals surface area contributed by atoms with Crippen molar-refractivity contribution >= 4 is 44.0 Å². The first kappa shape index (κ1) is 29.0. The van der Waals surface area contributed by atoms with Crippen LogP contribution in [-0.2, 0) is 29.6 Å². The van der Waals surface area contributed by atoms with Crippen molar-refractivity contribution in [3.8, 4) is 11.5 Å². The smallest absolute Gasteiger partial charge is 0.229 e. The minimum absolute atomic E-state index is 0.0307. The summed E-state index contributed by atoms with van der Waals surface area (Å²) in [4.78, 5) is 23.1. The molecule has 0 aliphatic heterocycles. The second kappa shape index (κ2) is 12.7. The molecule has 2 unspecified atom stereocenters. The molecule has 2 aromatic rings. The molecule has 0 bridgehead atoms. The lowest BCUT2D eigenvalue weighted by atomic mass is 10.1. The molecule has 0 amide bonds. The number of hydrogen-bond acceptors (Lipinski definition) is 10. The zero-order valence-corrected chi connectivity index (χ0v) is 21.4. The Morgan fingerprint density at radius 2 is 1.08 bits per heavy atom. The van der Waals surface area contributed by atoms with Gasteiger partial charge < -0.3 is 30.4 Å². The standard InChI is InChI=1S/C22H30N4O8S2/c1-35(31,32)25-17-11-15(5-7-21(17)29)19(13-27)23-9-3-4-10-24-20(14-28)16-6-8-22(30)18(12-16)26-36(2,33)34/h5-8,11-14,19-20,23-26,29-30H,3-4,9-10H2,1-2H3. The summed E-state index contributed by atoms with van der Waals surface area (Å²) in [5, 5.41) is 25.8. The van der Waals surface area contributed by atoms with E-state index < -0.39 is 32.1 Å². The highest BCUT2D eigenvalue weighted by Crippen LogP contribution is 2.28. The van der Waals surface area contributed by atoms with Crippen LogP contribution in [0.15, 0.2) is 36.4 Å². The van der Waals surface area contributed by atoms with Crippen molar-refractivity contribution in [2.75, 3.05) is 35.0 Å². The van der Waals surface area contributed by atoms with Gasteiger partial charge in [-0.1, -0.05) is 12.1 Å². The summed E-state index contributed by atoms with van der Waals surface area (Å²) in [6.45, 7) is 0.877. The van der Waals surface area contributed by atoms with Gasteiger partial charge in [0.2, 0.25) is 20.0 Å². The molecule has 0 aromatic heterocycles. The number of carbonyl (C=O) groups is 2. The Balaban J connectivity index is 1.88. The lowest BCUT2D eigenvalue weighted by molar-refractivity contribution is -0.110. The van der Waals surface area contributed by atoms with Crippen LogP contribution in [0.5, 0.6) is 11.5 Å². The molecule has 2 rings (SSSR count). The van der Waals surface area contributed by atoms with Crippen LogP contribution in [0, 0.1) is 0 Å². The van der Waals surface area contributed by atoms with Crippen LogP contribution in [0.4, 0.5) is 11.4 Å². The third kappa shape index (κ3) is 9.45. The summed E-state index contributed by atoms with van der Waals surface area (Å²) < 4.78 is 50.2. The van der Waals surface area contributed by atoms with Crippen LogP contribution in [0.3, 0.4) is 0 Å². The van der Waals surface area contributed by atoms with Crippen LogP contribution in [0.25, 0.3) is 0 Å². The largest absolute Gasteiger partial charge is 0.506 e. The second-order valence-electron chi connectivity index (χ2n) is 8.14. The van der Waals surface area contributed by atoms with Gasteiger partial charge in [-0.15, -0.1) is 0 Å². The number of aromatic hydroxyl groups is 2. The van der Waals surface area contributed by atoms with Crippen molar-refractivity contribution in [3.63, 3.8) is 0 Å². The molecule has 198 valence electrons. The number of hydrogen-bond donors (Lipinski definition) is 6. The van der Waals surface area contributed by atoms with Gasteiger partial charge in [-0.05, 0) is 61.3 Å². The molecule has 0 radical (unpaired) electrons. The van der Waals surface area contributed by atoms with E-state index in [1.807, 2.05) is 0 Å². The Bertz CT molecular complexity index is 1180. The maximum Gasteiger partial charge on any atom is 0.229 e. The topological polar surface area (TPSA) is 191 Å². The predicted octanol–water partition coefficient (Wildman–Crippen LogP) is 0.980. The molecule has 0 fully saturated rings. The maximum atomic E-state index is 11.6. The average molecular weight is 543 g/mol. The molecular formula is C22H30N4O8S2. The molecule has 0 saturated carbocycles. The molecule has 0 heterocycles. The molecule has 0 spiro atoms. The molecule has 14 heteroatoms. The van der Waals surface area contributed by atoms with E-state index in [1.54, 1.807) is 0 Å². The lowest BCUT2D eigenvalue weighted by Crippen LogP contribution is -2.26. The van der Waals surface area contributed by atoms with Crippen LogP contribution in [-0.4, -0.2) is 65.2 Å². The number of benzene rings is 2. The van der Waals surface area contributed by atoms with E-state index in [0.717, 1.165) is 12.5 Å². The van der Waals surface area contributed by atoms with Crippen molar-refractivity contribution in [1.82, 2.24) is 10.6 Å². The fourth-order valence-corrected chi connectivity index (χ4v) is 4.44. The minimum atomic E-state index is -3.61. The summed E-state index contributed by atoms with van der Waals surface area (Å²) >= 11 is 0. The van der Waals surface area contributed by atoms with E-state index in [1.165, 1.54) is 36.4 Å². The third-order valence-corrected chi connectivity index (χ3v) is 6.14. The molecule has 2 atom stereocenters. The predicted molar refractivity (Wildman–Crippen MR) is 136 cm³/mol. The van der Waals surface area contributed by atoms with Crippen molar-refractivity contribution < 1.29 is 36.6 Å². The number of nitrogens with one attached hydrogen (secondary N) is 4. The average Bonchev–Trinajstić information content (AvgIpc) is 2.77. The van der Waals surface area contributed by atoms with Gasteiger partial charge >= 0.3 is 0 Å². The zero-order valence-electron chi connectivity index (χ0n) is 19.8. The van der Waals surface area contributed by atoms with Crippen molar-refractivity contribution in [2.24, 2.45) is 0 Å². The Kier molecular flexibility index (Phi) is 10.2. The van der Waals surface area contributed by atoms with Gasteiger partial charge in [0.05, 0.1) is 36.0 Å². The molecule has 0 aliphatic carbocycles. The van der Waals surface area contributed by atoms with Crippen molar-refractivity contribution in [2.45, 2.75) is 24.9 Å². The Hall–Kier alpha value is -3.20. The molecule has 36 heavy (non-hydrogen) atoms. The summed E-state index contributed by atoms with van der Waals surface area (Å²) in [6.07, 6.45) is 4.50. The van der Waals surface area contributed by atoms with Crippen LogP contribution < -0.4 is 20.1 Å². The van der Waals surface area contributed by atoms with Crippen molar-refractivity contribution in [3.05, 3.63) is 47.5 Å². The number of sulfonamides is 2. The van der Waals surface area contributed by atoms with Crippen molar-refractivity contribution in [1.29, 1.82) is 0 Å². The molecule has 0 saturated heterocycles. The van der Waals surface area contributed by atoms with Crippen LogP contribution >= 0.6 is 0 Å². The van der Waals surface area contributed by atoms with Gasteiger partial charge in [0.15, 0.2) is 0 Å². The normalized spacial score (nSPS) is 13.5. The van der Waals surface area contributed by atoms with E-state index in [0.29, 0.717) is 49.6 Å². The second-order valence-corrected chi connectivity index (χ2v) is 11.6. The minimum Gasteiger partial charge on any atom is -0.506 e. The highest BCUT2D eigenvalue weighted by molar-refractivity contribution is 7.92. The number of rotatable bonds is 15. The highest BCUT2D eigenvalue weighted by atomic mass is 32.2. The maximum absolute atomic E-state index is 11.6. The first-order valence-electron chi connectivity index (χ1n) is 10.8. The van der Waals surface area contributed by atoms with E-state index in [9.17, 15) is 36.6 Å². The molecule has 2 aromatic carbocycles. The number of phenolic OH excluding ortho intramolecular Hbond substituents is 2. The molecule has 12 nitrogen and oxygen atoms in total. The number of anilines is 2. The number of carbonyl (C=O) groups excluding carboxylic acids is 2. The number of unbranched alkanes of at least 4 members (excludes halogenated alkanes) is 1. The zero-order chi connectivity index (χ0) is 26.9. The third-order valence-electron chi connectivity index (χ3n) is 4.95. The molecular weight excluding hydrogens is 512 g/mol. The quantitative estimate of drug-likeness (QED) is 0.107. The lowest BCUT2D eigenvalue weighted by Gasteiger charge is -2.17. The van der Waals surface area contributed by atoms with E-state index in [4.69, 9.17) is 0 Å². The van der Waals surface area contributed by atoms with Gasteiger partial charge in [-0.2, -0.15) is 0 Å². The van der Waals surface area contributed by atoms with Crippen LogP contribution in [0.1, 0.15) is 36.1 Å². The fraction of sp³-hybridized carbons (Fsp3) is 0.364. The first-order chi connectivity index (χ1) is 16.8. The number of aldehydes is 2. The van der Waals surface area contributed by atoms with Crippen LogP contribution in [0.2, 0.25) is 0 Å². The SMILES string of the molecule is CS(=O)(=O)Nc1cc(C(C=O)NCCCCNC(C=O)c2ccc(O)c(NS(C)(=O)=O)c2)ccc1O. The fourth-order valence-electron chi connectivity index (χ4n) is 3.31. The molecule has 0 aliphatic rings. The van der Waals surface area contributed by atoms with Gasteiger partial charge in [-0.3, -0.25) is 9.44 Å². The summed E-state index contributed by atoms with van der Waals surface area (Å²) in [5.74, 6) is -0.532. The van der Waals surface area contributed by atoms with E-state index >= 15 is 0 Å². The summed E-state index contributed by atoms with van der Waals surface area (Å²) in [5.41, 5.74) is 0.881. The Labute approximate surface area is 210 Å². The summed E-state index contributed by atoms with van der Waals surface area (Å²) in [7, 11) is -7.22. The molecule has 6 N–H and O–H groups in total.